The summed E-state index contributed by atoms with van der Waals surface area (Å²) in [6.45, 7) is 2.96. The number of morpholine rings is 1. The molecule has 4 rings (SSSR count). The third-order valence-electron chi connectivity index (χ3n) is 4.83. The van der Waals surface area contributed by atoms with E-state index in [0.29, 0.717) is 38.4 Å². The van der Waals surface area contributed by atoms with Gasteiger partial charge in [-0.25, -0.2) is 0 Å². The minimum absolute atomic E-state index is 0.0425. The number of ether oxygens (including phenoxy) is 1. The number of nitrogens with zero attached hydrogens (tertiary/aromatic N) is 3. The van der Waals surface area contributed by atoms with Gasteiger partial charge in [0.1, 0.15) is 6.04 Å². The largest absolute Gasteiger partial charge is 0.378 e. The monoisotopic (exact) mass is 328 g/mol. The van der Waals surface area contributed by atoms with Crippen molar-refractivity contribution >= 4 is 22.7 Å². The average Bonchev–Trinajstić information content (AvgIpc) is 3.30. The summed E-state index contributed by atoms with van der Waals surface area (Å²) in [5.74, 6) is -0.0603. The van der Waals surface area contributed by atoms with Crippen LogP contribution in [0, 0.1) is 0 Å². The van der Waals surface area contributed by atoms with Crippen LogP contribution in [0.2, 0.25) is 0 Å². The quantitative estimate of drug-likeness (QED) is 0.893. The first kappa shape index (κ1) is 15.1. The van der Waals surface area contributed by atoms with Gasteiger partial charge in [0.05, 0.1) is 30.5 Å². The maximum Gasteiger partial charge on any atom is 0.256 e. The first-order valence-electron chi connectivity index (χ1n) is 8.35. The molecule has 0 radical (unpaired) electrons. The van der Waals surface area contributed by atoms with Crippen molar-refractivity contribution in [3.8, 4) is 0 Å². The number of aromatic nitrogens is 2. The van der Waals surface area contributed by atoms with Crippen molar-refractivity contribution in [1.29, 1.82) is 0 Å². The zero-order chi connectivity index (χ0) is 16.5. The Hall–Kier alpha value is -2.41. The highest BCUT2D eigenvalue weighted by Crippen LogP contribution is 2.25. The van der Waals surface area contributed by atoms with Crippen LogP contribution in [0.25, 0.3) is 10.9 Å². The Morgan fingerprint density at radius 2 is 2.04 bits per heavy atom. The lowest BCUT2D eigenvalue weighted by molar-refractivity contribution is -0.139. The van der Waals surface area contributed by atoms with Crippen LogP contribution in [0.15, 0.2) is 24.4 Å². The summed E-state index contributed by atoms with van der Waals surface area (Å²) in [7, 11) is 0. The van der Waals surface area contributed by atoms with Gasteiger partial charge >= 0.3 is 0 Å². The summed E-state index contributed by atoms with van der Waals surface area (Å²) in [6.07, 6.45) is 3.28. The van der Waals surface area contributed by atoms with Crippen molar-refractivity contribution < 1.29 is 14.3 Å². The summed E-state index contributed by atoms with van der Waals surface area (Å²) in [5, 5.41) is 7.80. The fourth-order valence-corrected chi connectivity index (χ4v) is 3.56. The number of benzene rings is 1. The van der Waals surface area contributed by atoms with Crippen molar-refractivity contribution in [3.63, 3.8) is 0 Å². The Kier molecular flexibility index (Phi) is 3.93. The zero-order valence-electron chi connectivity index (χ0n) is 13.4. The molecule has 1 N–H and O–H groups in total. The molecular weight excluding hydrogens is 308 g/mol. The fourth-order valence-electron chi connectivity index (χ4n) is 3.56. The van der Waals surface area contributed by atoms with Crippen LogP contribution in [0.1, 0.15) is 23.2 Å². The molecule has 7 heteroatoms. The van der Waals surface area contributed by atoms with E-state index in [0.717, 1.165) is 23.7 Å². The molecule has 7 nitrogen and oxygen atoms in total. The second-order valence-electron chi connectivity index (χ2n) is 6.23. The van der Waals surface area contributed by atoms with Gasteiger partial charge in [0.25, 0.3) is 5.91 Å². The van der Waals surface area contributed by atoms with E-state index in [-0.39, 0.29) is 17.9 Å². The van der Waals surface area contributed by atoms with Gasteiger partial charge in [0.15, 0.2) is 0 Å². The molecule has 1 atom stereocenters. The Morgan fingerprint density at radius 3 is 2.88 bits per heavy atom. The van der Waals surface area contributed by atoms with E-state index in [1.807, 2.05) is 17.0 Å². The Balaban J connectivity index is 1.59. The highest BCUT2D eigenvalue weighted by atomic mass is 16.5. The first-order chi connectivity index (χ1) is 11.8. The molecule has 2 aliphatic heterocycles. The molecule has 0 bridgehead atoms. The molecule has 2 aliphatic rings. The van der Waals surface area contributed by atoms with E-state index in [4.69, 9.17) is 4.74 Å². The summed E-state index contributed by atoms with van der Waals surface area (Å²) in [4.78, 5) is 29.4. The molecule has 24 heavy (non-hydrogen) atoms. The molecule has 1 unspecified atom stereocenters. The highest BCUT2D eigenvalue weighted by Gasteiger charge is 2.37. The number of fused-ring (bicyclic) bond motifs is 1. The Morgan fingerprint density at radius 1 is 1.21 bits per heavy atom. The smallest absolute Gasteiger partial charge is 0.256 e. The molecule has 1 aromatic heterocycles. The predicted octanol–water partition coefficient (Wildman–Crippen LogP) is 1.03. The van der Waals surface area contributed by atoms with Crippen LogP contribution in [0.4, 0.5) is 0 Å². The van der Waals surface area contributed by atoms with E-state index < -0.39 is 0 Å². The summed E-state index contributed by atoms with van der Waals surface area (Å²) < 4.78 is 5.31. The van der Waals surface area contributed by atoms with Gasteiger partial charge in [0, 0.05) is 25.0 Å². The number of amides is 2. The van der Waals surface area contributed by atoms with Crippen molar-refractivity contribution in [1.82, 2.24) is 20.0 Å². The van der Waals surface area contributed by atoms with E-state index in [2.05, 4.69) is 10.2 Å². The molecule has 2 fully saturated rings. The lowest BCUT2D eigenvalue weighted by atomic mass is 10.1. The molecule has 1 aromatic carbocycles. The minimum atomic E-state index is -0.367. The number of aromatic amines is 1. The molecule has 0 saturated carbocycles. The van der Waals surface area contributed by atoms with Crippen molar-refractivity contribution in [3.05, 3.63) is 30.0 Å². The van der Waals surface area contributed by atoms with Crippen LogP contribution in [0.3, 0.4) is 0 Å². The van der Waals surface area contributed by atoms with Crippen molar-refractivity contribution in [2.24, 2.45) is 0 Å². The summed E-state index contributed by atoms with van der Waals surface area (Å²) >= 11 is 0. The Labute approximate surface area is 139 Å². The average molecular weight is 328 g/mol. The van der Waals surface area contributed by atoms with Gasteiger partial charge in [0.2, 0.25) is 5.91 Å². The number of hydrogen-bond acceptors (Lipinski definition) is 4. The number of hydrogen-bond donors (Lipinski definition) is 1. The van der Waals surface area contributed by atoms with Crippen molar-refractivity contribution in [2.75, 3.05) is 32.8 Å². The lowest BCUT2D eigenvalue weighted by Gasteiger charge is -2.32. The van der Waals surface area contributed by atoms with Crippen LogP contribution < -0.4 is 0 Å². The van der Waals surface area contributed by atoms with E-state index in [1.54, 1.807) is 17.2 Å². The fraction of sp³-hybridized carbons (Fsp3) is 0.471. The number of carbonyl (C=O) groups is 2. The maximum absolute atomic E-state index is 13.0. The summed E-state index contributed by atoms with van der Waals surface area (Å²) in [5.41, 5.74) is 1.30. The SMILES string of the molecule is O=C(C1CCCN1C(=O)c1cccc2cn[nH]c12)N1CCOCC1. The number of para-hydroxylation sites is 1. The lowest BCUT2D eigenvalue weighted by Crippen LogP contribution is -2.51. The van der Waals surface area contributed by atoms with Crippen LogP contribution >= 0.6 is 0 Å². The van der Waals surface area contributed by atoms with Crippen molar-refractivity contribution in [2.45, 2.75) is 18.9 Å². The second kappa shape index (κ2) is 6.24. The van der Waals surface area contributed by atoms with Crippen LogP contribution in [0.5, 0.6) is 0 Å². The summed E-state index contributed by atoms with van der Waals surface area (Å²) in [6, 6.07) is 5.18. The van der Waals surface area contributed by atoms with Crippen LogP contribution in [-0.4, -0.2) is 70.7 Å². The maximum atomic E-state index is 13.0. The van der Waals surface area contributed by atoms with Gasteiger partial charge in [-0.2, -0.15) is 5.10 Å². The zero-order valence-corrected chi connectivity index (χ0v) is 13.4. The topological polar surface area (TPSA) is 78.5 Å². The third-order valence-corrected chi connectivity index (χ3v) is 4.83. The standard InChI is InChI=1S/C17H20N4O3/c22-16(13-4-1-3-12-11-18-19-15(12)13)21-6-2-5-14(21)17(23)20-7-9-24-10-8-20/h1,3-4,11,14H,2,5-10H2,(H,18,19). The molecular formula is C17H20N4O3. The molecule has 2 amide bonds. The number of rotatable bonds is 2. The van der Waals surface area contributed by atoms with E-state index >= 15 is 0 Å². The van der Waals surface area contributed by atoms with Crippen LogP contribution in [-0.2, 0) is 9.53 Å². The number of carbonyl (C=O) groups excluding carboxylic acids is 2. The number of H-pyrrole nitrogens is 1. The molecule has 3 heterocycles. The normalized spacial score (nSPS) is 21.4. The molecule has 0 aliphatic carbocycles. The first-order valence-corrected chi connectivity index (χ1v) is 8.35. The number of nitrogens with one attached hydrogen (secondary N) is 1. The molecule has 0 spiro atoms. The Bertz CT molecular complexity index is 766. The van der Waals surface area contributed by atoms with Gasteiger partial charge in [-0.1, -0.05) is 12.1 Å². The predicted molar refractivity (Wildman–Crippen MR) is 87.6 cm³/mol. The van der Waals surface area contributed by atoms with E-state index in [9.17, 15) is 9.59 Å². The second-order valence-corrected chi connectivity index (χ2v) is 6.23. The minimum Gasteiger partial charge on any atom is -0.378 e. The molecule has 2 aromatic rings. The van der Waals surface area contributed by atoms with Gasteiger partial charge in [-0.3, -0.25) is 14.7 Å². The van der Waals surface area contributed by atoms with E-state index in [1.165, 1.54) is 0 Å². The van der Waals surface area contributed by atoms with Gasteiger partial charge in [-0.15, -0.1) is 0 Å². The third kappa shape index (κ3) is 2.54. The van der Waals surface area contributed by atoms with Gasteiger partial charge in [-0.05, 0) is 18.9 Å². The highest BCUT2D eigenvalue weighted by molar-refractivity contribution is 6.06. The van der Waals surface area contributed by atoms with Gasteiger partial charge < -0.3 is 14.5 Å². The molecule has 2 saturated heterocycles. The number of likely N-dealkylation sites (tertiary alicyclic amines) is 1. The molecule has 126 valence electrons.